The summed E-state index contributed by atoms with van der Waals surface area (Å²) in [6, 6.07) is 1.56. The maximum absolute atomic E-state index is 11.5. The van der Waals surface area contributed by atoms with Crippen molar-refractivity contribution in [3.63, 3.8) is 0 Å². The number of nitrogens with two attached hydrogens (primary N) is 1. The summed E-state index contributed by atoms with van der Waals surface area (Å²) in [4.78, 5) is 30.3. The Bertz CT molecular complexity index is 655. The van der Waals surface area contributed by atoms with Crippen LogP contribution >= 0.6 is 0 Å². The second-order valence-corrected chi connectivity index (χ2v) is 5.80. The smallest absolute Gasteiger partial charge is 0.320 e. The van der Waals surface area contributed by atoms with Crippen LogP contribution in [0.1, 0.15) is 30.4 Å². The Balaban J connectivity index is 1.81. The normalized spacial score (nSPS) is 17.8. The van der Waals surface area contributed by atoms with Gasteiger partial charge < -0.3 is 15.4 Å². The van der Waals surface area contributed by atoms with Crippen LogP contribution in [-0.2, 0) is 22.5 Å². The van der Waals surface area contributed by atoms with E-state index in [-0.39, 0.29) is 5.88 Å². The molecule has 1 saturated heterocycles. The first-order valence-electron chi connectivity index (χ1n) is 7.86. The molecule has 0 aromatic carbocycles. The van der Waals surface area contributed by atoms with E-state index in [9.17, 15) is 9.59 Å². The summed E-state index contributed by atoms with van der Waals surface area (Å²) < 4.78 is 5.43. The summed E-state index contributed by atoms with van der Waals surface area (Å²) in [5, 5.41) is 0. The number of hydrogen-bond donors (Lipinski definition) is 1. The number of anilines is 1. The average Bonchev–Trinajstić information content (AvgIpc) is 2.79. The molecule has 0 saturated carbocycles. The summed E-state index contributed by atoms with van der Waals surface area (Å²) >= 11 is 0. The maximum Gasteiger partial charge on any atom is 0.320 e. The highest BCUT2D eigenvalue weighted by Crippen LogP contribution is 2.26. The SMILES string of the molecule is NC(=O)N1CCCc2cc(CN3CCCCOC3=C=O)cnc21. The van der Waals surface area contributed by atoms with Gasteiger partial charge in [0.25, 0.3) is 5.88 Å². The highest BCUT2D eigenvalue weighted by atomic mass is 16.5. The number of rotatable bonds is 2. The van der Waals surface area contributed by atoms with Crippen molar-refractivity contribution in [2.24, 2.45) is 5.73 Å². The topological polar surface area (TPSA) is 88.8 Å². The largest absolute Gasteiger partial charge is 0.471 e. The lowest BCUT2D eigenvalue weighted by Gasteiger charge is -2.28. The van der Waals surface area contributed by atoms with Crippen molar-refractivity contribution in [1.82, 2.24) is 9.88 Å². The van der Waals surface area contributed by atoms with E-state index in [0.29, 0.717) is 25.5 Å². The van der Waals surface area contributed by atoms with Crippen LogP contribution in [0.15, 0.2) is 18.1 Å². The molecule has 1 fully saturated rings. The van der Waals surface area contributed by atoms with E-state index >= 15 is 0 Å². The van der Waals surface area contributed by atoms with Gasteiger partial charge in [0.1, 0.15) is 5.82 Å². The number of urea groups is 1. The van der Waals surface area contributed by atoms with E-state index in [0.717, 1.165) is 43.4 Å². The van der Waals surface area contributed by atoms with Crippen molar-refractivity contribution >= 4 is 17.8 Å². The maximum atomic E-state index is 11.5. The molecule has 23 heavy (non-hydrogen) atoms. The first kappa shape index (κ1) is 15.4. The Kier molecular flexibility index (Phi) is 4.48. The number of primary amides is 1. The Hall–Kier alpha value is -2.53. The molecule has 3 rings (SSSR count). The molecule has 0 radical (unpaired) electrons. The van der Waals surface area contributed by atoms with Gasteiger partial charge >= 0.3 is 6.03 Å². The number of carbonyl (C=O) groups is 1. The molecule has 122 valence electrons. The number of hydrogen-bond acceptors (Lipinski definition) is 5. The minimum Gasteiger partial charge on any atom is -0.471 e. The summed E-state index contributed by atoms with van der Waals surface area (Å²) in [7, 11) is 0. The van der Waals surface area contributed by atoms with E-state index in [1.54, 1.807) is 6.20 Å². The lowest BCUT2D eigenvalue weighted by atomic mass is 10.0. The molecule has 0 unspecified atom stereocenters. The van der Waals surface area contributed by atoms with Crippen LogP contribution in [0, 0.1) is 0 Å². The molecule has 1 aromatic heterocycles. The minimum atomic E-state index is -0.474. The second kappa shape index (κ2) is 6.71. The van der Waals surface area contributed by atoms with E-state index < -0.39 is 6.03 Å². The number of aryl methyl sites for hydroxylation is 1. The van der Waals surface area contributed by atoms with Crippen LogP contribution in [0.25, 0.3) is 0 Å². The average molecular weight is 316 g/mol. The molecular weight excluding hydrogens is 296 g/mol. The van der Waals surface area contributed by atoms with E-state index in [2.05, 4.69) is 4.98 Å². The van der Waals surface area contributed by atoms with Gasteiger partial charge in [0.05, 0.1) is 6.61 Å². The molecular formula is C16H20N4O3. The lowest BCUT2D eigenvalue weighted by molar-refractivity contribution is 0.137. The Morgan fingerprint density at radius 1 is 1.35 bits per heavy atom. The second-order valence-electron chi connectivity index (χ2n) is 5.80. The van der Waals surface area contributed by atoms with Crippen LogP contribution < -0.4 is 10.6 Å². The van der Waals surface area contributed by atoms with Crippen LogP contribution in [0.4, 0.5) is 10.6 Å². The highest BCUT2D eigenvalue weighted by Gasteiger charge is 2.23. The van der Waals surface area contributed by atoms with Crippen LogP contribution in [0.3, 0.4) is 0 Å². The van der Waals surface area contributed by atoms with Crippen molar-refractivity contribution < 1.29 is 14.3 Å². The third-order valence-electron chi connectivity index (χ3n) is 4.16. The third-order valence-corrected chi connectivity index (χ3v) is 4.16. The Morgan fingerprint density at radius 2 is 2.22 bits per heavy atom. The van der Waals surface area contributed by atoms with Crippen molar-refractivity contribution in [1.29, 1.82) is 0 Å². The molecule has 2 aliphatic rings. The van der Waals surface area contributed by atoms with Crippen molar-refractivity contribution in [3.05, 3.63) is 29.3 Å². The van der Waals surface area contributed by atoms with Gasteiger partial charge in [-0.2, -0.15) is 0 Å². The molecule has 0 atom stereocenters. The van der Waals surface area contributed by atoms with E-state index in [4.69, 9.17) is 10.5 Å². The zero-order valence-corrected chi connectivity index (χ0v) is 13.0. The zero-order chi connectivity index (χ0) is 16.2. The van der Waals surface area contributed by atoms with E-state index in [1.165, 1.54) is 4.90 Å². The molecule has 0 bridgehead atoms. The van der Waals surface area contributed by atoms with Gasteiger partial charge in [0.2, 0.25) is 0 Å². The molecule has 3 heterocycles. The molecule has 0 spiro atoms. The first-order chi connectivity index (χ1) is 11.2. The van der Waals surface area contributed by atoms with Gasteiger partial charge in [-0.1, -0.05) is 0 Å². The molecule has 2 aliphatic heterocycles. The van der Waals surface area contributed by atoms with E-state index in [1.807, 2.05) is 16.9 Å². The molecule has 2 amide bonds. The van der Waals surface area contributed by atoms with Crippen molar-refractivity contribution in [2.45, 2.75) is 32.2 Å². The van der Waals surface area contributed by atoms with Gasteiger partial charge in [-0.15, -0.1) is 0 Å². The fourth-order valence-electron chi connectivity index (χ4n) is 3.05. The first-order valence-corrected chi connectivity index (χ1v) is 7.86. The molecule has 7 nitrogen and oxygen atoms in total. The number of pyridine rings is 1. The number of nitrogens with zero attached hydrogens (tertiary/aromatic N) is 3. The van der Waals surface area contributed by atoms with Gasteiger partial charge in [-0.3, -0.25) is 4.90 Å². The molecule has 1 aromatic rings. The zero-order valence-electron chi connectivity index (χ0n) is 13.0. The number of carbonyl (C=O) groups excluding carboxylic acids is 2. The van der Waals surface area contributed by atoms with Crippen molar-refractivity contribution in [3.8, 4) is 0 Å². The fourth-order valence-corrected chi connectivity index (χ4v) is 3.05. The van der Waals surface area contributed by atoms with Crippen molar-refractivity contribution in [2.75, 3.05) is 24.6 Å². The standard InChI is InChI=1S/C16H20N4O3/c17-16(22)20-6-3-4-13-8-12(9-18-15(13)20)10-19-5-1-2-7-23-14(19)11-21/h8-9H,1-7,10H2,(H2,17,22). The number of amides is 2. The Morgan fingerprint density at radius 3 is 3.00 bits per heavy atom. The number of aromatic nitrogens is 1. The Labute approximate surface area is 134 Å². The van der Waals surface area contributed by atoms with Gasteiger partial charge in [-0.05, 0) is 42.9 Å². The highest BCUT2D eigenvalue weighted by molar-refractivity contribution is 5.90. The summed E-state index contributed by atoms with van der Waals surface area (Å²) in [6.07, 6.45) is 5.37. The predicted octanol–water partition coefficient (Wildman–Crippen LogP) is 1.20. The molecule has 7 heteroatoms. The number of fused-ring (bicyclic) bond motifs is 1. The monoisotopic (exact) mass is 316 g/mol. The van der Waals surface area contributed by atoms with Gasteiger partial charge in [-0.25, -0.2) is 14.6 Å². The summed E-state index contributed by atoms with van der Waals surface area (Å²) in [6.45, 7) is 2.46. The van der Waals surface area contributed by atoms with Crippen LogP contribution in [0.2, 0.25) is 0 Å². The lowest BCUT2D eigenvalue weighted by Crippen LogP contribution is -2.40. The quantitative estimate of drug-likeness (QED) is 0.828. The summed E-state index contributed by atoms with van der Waals surface area (Å²) in [5.41, 5.74) is 7.39. The van der Waals surface area contributed by atoms with Gasteiger partial charge in [0, 0.05) is 25.8 Å². The predicted molar refractivity (Wildman–Crippen MR) is 84.3 cm³/mol. The van der Waals surface area contributed by atoms with Crippen LogP contribution in [0.5, 0.6) is 0 Å². The minimum absolute atomic E-state index is 0.263. The fraction of sp³-hybridized carbons (Fsp3) is 0.500. The molecule has 2 N–H and O–H groups in total. The number of ether oxygens (including phenoxy) is 1. The van der Waals surface area contributed by atoms with Gasteiger partial charge in [0.15, 0.2) is 5.94 Å². The molecule has 0 aliphatic carbocycles. The summed E-state index contributed by atoms with van der Waals surface area (Å²) in [5.74, 6) is 2.79. The third kappa shape index (κ3) is 3.29. The van der Waals surface area contributed by atoms with Crippen LogP contribution in [-0.4, -0.2) is 41.6 Å².